The molecule has 0 saturated heterocycles. The van der Waals surface area contributed by atoms with Crippen molar-refractivity contribution < 1.29 is 14.3 Å². The zero-order valence-electron chi connectivity index (χ0n) is 21.1. The molecule has 5 rings (SSSR count). The van der Waals surface area contributed by atoms with Crippen molar-refractivity contribution in [3.63, 3.8) is 0 Å². The van der Waals surface area contributed by atoms with Crippen LogP contribution in [0.3, 0.4) is 0 Å². The van der Waals surface area contributed by atoms with Crippen LogP contribution >= 0.6 is 0 Å². The number of carbonyl (C=O) groups is 2. The number of fused-ring (bicyclic) bond motifs is 1. The molecule has 0 N–H and O–H groups in total. The largest absolute Gasteiger partial charge is 0.497 e. The molecule has 1 aliphatic heterocycles. The van der Waals surface area contributed by atoms with Gasteiger partial charge < -0.3 is 14.5 Å². The molecule has 0 aliphatic carbocycles. The first kappa shape index (κ1) is 24.3. The summed E-state index contributed by atoms with van der Waals surface area (Å²) in [4.78, 5) is 31.6. The Bertz CT molecular complexity index is 1370. The Kier molecular flexibility index (Phi) is 7.04. The topological polar surface area (TPSA) is 49.9 Å². The molecular formula is C32H30N2O3. The fourth-order valence-electron chi connectivity index (χ4n) is 5.09. The van der Waals surface area contributed by atoms with Gasteiger partial charge in [0.25, 0.3) is 5.91 Å². The molecule has 2 amide bonds. The van der Waals surface area contributed by atoms with Gasteiger partial charge in [-0.1, -0.05) is 66.7 Å². The maximum Gasteiger partial charge on any atom is 0.258 e. The number of hydrogen-bond acceptors (Lipinski definition) is 3. The molecule has 1 aliphatic rings. The quantitative estimate of drug-likeness (QED) is 0.312. The van der Waals surface area contributed by atoms with E-state index in [1.165, 1.54) is 0 Å². The minimum absolute atomic E-state index is 0.0332. The molecule has 5 nitrogen and oxygen atoms in total. The second kappa shape index (κ2) is 10.7. The van der Waals surface area contributed by atoms with E-state index in [-0.39, 0.29) is 23.8 Å². The normalized spacial score (nSPS) is 16.5. The maximum absolute atomic E-state index is 14.2. The van der Waals surface area contributed by atoms with Crippen molar-refractivity contribution in [2.75, 3.05) is 16.9 Å². The predicted molar refractivity (Wildman–Crippen MR) is 147 cm³/mol. The summed E-state index contributed by atoms with van der Waals surface area (Å²) < 4.78 is 5.25. The van der Waals surface area contributed by atoms with Gasteiger partial charge in [0, 0.05) is 23.0 Å². The zero-order valence-corrected chi connectivity index (χ0v) is 21.1. The number of rotatable bonds is 6. The molecule has 4 aromatic rings. The summed E-state index contributed by atoms with van der Waals surface area (Å²) in [6.07, 6.45) is 0.538. The lowest BCUT2D eigenvalue weighted by atomic mass is 9.84. The monoisotopic (exact) mass is 490 g/mol. The van der Waals surface area contributed by atoms with Gasteiger partial charge in [-0.05, 0) is 66.9 Å². The molecule has 0 spiro atoms. The van der Waals surface area contributed by atoms with E-state index in [0.29, 0.717) is 24.3 Å². The highest BCUT2D eigenvalue weighted by Crippen LogP contribution is 2.41. The Morgan fingerprint density at radius 3 is 2.14 bits per heavy atom. The Hall–Kier alpha value is -4.38. The lowest BCUT2D eigenvalue weighted by molar-refractivity contribution is -0.120. The predicted octanol–water partition coefficient (Wildman–Crippen LogP) is 6.45. The molecule has 0 saturated carbocycles. The average Bonchev–Trinajstić information content (AvgIpc) is 2.96. The third-order valence-electron chi connectivity index (χ3n) is 6.96. The van der Waals surface area contributed by atoms with Crippen molar-refractivity contribution in [1.29, 1.82) is 0 Å². The molecule has 0 radical (unpaired) electrons. The van der Waals surface area contributed by atoms with Crippen LogP contribution in [0.25, 0.3) is 0 Å². The molecule has 186 valence electrons. The van der Waals surface area contributed by atoms with Gasteiger partial charge in [0.2, 0.25) is 5.91 Å². The fourth-order valence-corrected chi connectivity index (χ4v) is 5.09. The van der Waals surface area contributed by atoms with Gasteiger partial charge in [-0.2, -0.15) is 0 Å². The number of carbonyl (C=O) groups excluding carboxylic acids is 2. The lowest BCUT2D eigenvalue weighted by Crippen LogP contribution is -2.46. The first-order chi connectivity index (χ1) is 18.1. The smallest absolute Gasteiger partial charge is 0.258 e. The summed E-state index contributed by atoms with van der Waals surface area (Å²) in [5.41, 5.74) is 4.17. The molecule has 2 atom stereocenters. The van der Waals surface area contributed by atoms with Crippen LogP contribution in [-0.4, -0.2) is 25.0 Å². The average molecular weight is 491 g/mol. The van der Waals surface area contributed by atoms with Gasteiger partial charge in [0.15, 0.2) is 0 Å². The number of nitrogens with zero attached hydrogens (tertiary/aromatic N) is 2. The van der Waals surface area contributed by atoms with Gasteiger partial charge in [-0.25, -0.2) is 0 Å². The number of ether oxygens (including phenoxy) is 1. The highest BCUT2D eigenvalue weighted by Gasteiger charge is 2.39. The number of anilines is 2. The molecule has 4 aromatic carbocycles. The van der Waals surface area contributed by atoms with Crippen LogP contribution in [0, 0.1) is 0 Å². The molecule has 1 heterocycles. The summed E-state index contributed by atoms with van der Waals surface area (Å²) in [5.74, 6) is 0.285. The summed E-state index contributed by atoms with van der Waals surface area (Å²) in [7, 11) is 1.60. The summed E-state index contributed by atoms with van der Waals surface area (Å²) >= 11 is 0. The highest BCUT2D eigenvalue weighted by atomic mass is 16.5. The molecule has 5 heteroatoms. The second-order valence-electron chi connectivity index (χ2n) is 9.35. The van der Waals surface area contributed by atoms with Gasteiger partial charge in [-0.3, -0.25) is 9.59 Å². The Morgan fingerprint density at radius 1 is 0.838 bits per heavy atom. The van der Waals surface area contributed by atoms with Crippen LogP contribution in [0.2, 0.25) is 0 Å². The van der Waals surface area contributed by atoms with Crippen molar-refractivity contribution >= 4 is 23.2 Å². The Labute approximate surface area is 217 Å². The van der Waals surface area contributed by atoms with Crippen LogP contribution in [0.4, 0.5) is 11.4 Å². The SMILES string of the molecule is COc1ccc(C(=O)N2c3ccccc3[C@H](C(=O)N(Cc3ccccc3)c3ccccc3)C[C@H]2C)cc1. The Balaban J connectivity index is 1.50. The van der Waals surface area contributed by atoms with E-state index in [0.717, 1.165) is 22.5 Å². The Morgan fingerprint density at radius 2 is 1.46 bits per heavy atom. The maximum atomic E-state index is 14.2. The van der Waals surface area contributed by atoms with E-state index in [4.69, 9.17) is 4.74 Å². The molecule has 0 unspecified atom stereocenters. The van der Waals surface area contributed by atoms with Gasteiger partial charge in [0.1, 0.15) is 5.75 Å². The molecule has 0 fully saturated rings. The first-order valence-corrected chi connectivity index (χ1v) is 12.5. The van der Waals surface area contributed by atoms with Crippen LogP contribution in [-0.2, 0) is 11.3 Å². The van der Waals surface area contributed by atoms with Crippen molar-refractivity contribution in [3.8, 4) is 5.75 Å². The lowest BCUT2D eigenvalue weighted by Gasteiger charge is -2.40. The van der Waals surface area contributed by atoms with E-state index in [1.54, 1.807) is 31.4 Å². The van der Waals surface area contributed by atoms with Crippen LogP contribution in [0.15, 0.2) is 109 Å². The molecule has 0 bridgehead atoms. The van der Waals surface area contributed by atoms with E-state index >= 15 is 0 Å². The number of methoxy groups -OCH3 is 1. The molecule has 0 aromatic heterocycles. The van der Waals surface area contributed by atoms with Gasteiger partial charge in [-0.15, -0.1) is 0 Å². The van der Waals surface area contributed by atoms with Gasteiger partial charge in [0.05, 0.1) is 19.6 Å². The number of para-hydroxylation sites is 2. The number of hydrogen-bond donors (Lipinski definition) is 0. The standard InChI is InChI=1S/C32H30N2O3/c1-23-21-29(32(36)33(26-13-7-4-8-14-26)22-24-11-5-3-6-12-24)28-15-9-10-16-30(28)34(23)31(35)25-17-19-27(37-2)20-18-25/h3-20,23,29H,21-22H2,1-2H3/t23-,29-/m1/s1. The van der Waals surface area contributed by atoms with Crippen LogP contribution < -0.4 is 14.5 Å². The highest BCUT2D eigenvalue weighted by molar-refractivity contribution is 6.09. The van der Waals surface area contributed by atoms with E-state index < -0.39 is 0 Å². The summed E-state index contributed by atoms with van der Waals surface area (Å²) in [6, 6.07) is 34.6. The minimum Gasteiger partial charge on any atom is -0.497 e. The molecular weight excluding hydrogens is 460 g/mol. The van der Waals surface area contributed by atoms with E-state index in [2.05, 4.69) is 0 Å². The van der Waals surface area contributed by atoms with E-state index in [1.807, 2.05) is 102 Å². The van der Waals surface area contributed by atoms with Crippen LogP contribution in [0.1, 0.15) is 40.7 Å². The van der Waals surface area contributed by atoms with Crippen LogP contribution in [0.5, 0.6) is 5.75 Å². The fraction of sp³-hybridized carbons (Fsp3) is 0.188. The number of benzene rings is 4. The second-order valence-corrected chi connectivity index (χ2v) is 9.35. The summed E-state index contributed by atoms with van der Waals surface area (Å²) in [6.45, 7) is 2.49. The molecule has 37 heavy (non-hydrogen) atoms. The van der Waals surface area contributed by atoms with E-state index in [9.17, 15) is 9.59 Å². The van der Waals surface area contributed by atoms with Crippen molar-refractivity contribution in [3.05, 3.63) is 126 Å². The van der Waals surface area contributed by atoms with Gasteiger partial charge >= 0.3 is 0 Å². The number of amides is 2. The first-order valence-electron chi connectivity index (χ1n) is 12.5. The third-order valence-corrected chi connectivity index (χ3v) is 6.96. The van der Waals surface area contributed by atoms with Crippen molar-refractivity contribution in [2.45, 2.75) is 31.8 Å². The zero-order chi connectivity index (χ0) is 25.8. The van der Waals surface area contributed by atoms with Crippen molar-refractivity contribution in [2.24, 2.45) is 0 Å². The third kappa shape index (κ3) is 4.98. The van der Waals surface area contributed by atoms with Crippen molar-refractivity contribution in [1.82, 2.24) is 0 Å². The summed E-state index contributed by atoms with van der Waals surface area (Å²) in [5, 5.41) is 0. The minimum atomic E-state index is -0.366.